The fourth-order valence-corrected chi connectivity index (χ4v) is 17.1. The van der Waals surface area contributed by atoms with E-state index in [1.807, 2.05) is 180 Å². The average Bonchev–Trinajstić information content (AvgIpc) is 0.831. The minimum atomic E-state index is -0.0427. The minimum Gasteiger partial charge on any atom is -0.381 e. The molecule has 12 rings (SSSR count). The molecule has 4 fully saturated rings. The van der Waals surface area contributed by atoms with Gasteiger partial charge in [0.2, 0.25) is 0 Å². The maximum absolute atomic E-state index is 13.6. The molecular formula is C100H136BrN13O4. The van der Waals surface area contributed by atoms with Crippen LogP contribution in [-0.2, 0) is 32.7 Å². The first-order chi connectivity index (χ1) is 57.4. The molecule has 1 saturated carbocycles. The van der Waals surface area contributed by atoms with E-state index in [0.29, 0.717) is 50.8 Å². The van der Waals surface area contributed by atoms with Crippen molar-refractivity contribution in [3.05, 3.63) is 281 Å². The van der Waals surface area contributed by atoms with Crippen LogP contribution in [0.3, 0.4) is 0 Å². The third-order valence-electron chi connectivity index (χ3n) is 23.7. The fourth-order valence-electron chi connectivity index (χ4n) is 16.8. The summed E-state index contributed by atoms with van der Waals surface area (Å²) in [5.74, 6) is 0.838. The molecule has 1 aliphatic carbocycles. The Balaban J connectivity index is 0.000000180. The van der Waals surface area contributed by atoms with E-state index in [1.165, 1.54) is 81.9 Å². The largest absolute Gasteiger partial charge is 0.381 e. The first kappa shape index (κ1) is 92.3. The van der Waals surface area contributed by atoms with Gasteiger partial charge in [-0.1, -0.05) is 228 Å². The highest BCUT2D eigenvalue weighted by Crippen LogP contribution is 2.33. The molecule has 1 aromatic heterocycles. The van der Waals surface area contributed by atoms with Crippen LogP contribution in [0, 0.1) is 19.8 Å². The Hall–Kier alpha value is -9.59. The first-order valence-corrected chi connectivity index (χ1v) is 44.7. The van der Waals surface area contributed by atoms with Gasteiger partial charge in [0.25, 0.3) is 0 Å². The average molecular weight is 1660 g/mol. The fraction of sp³-hybridized carbons (Fsp3) is 0.450. The predicted octanol–water partition coefficient (Wildman–Crippen LogP) is 23.4. The third kappa shape index (κ3) is 31.0. The van der Waals surface area contributed by atoms with Crippen LogP contribution in [0.25, 0.3) is 0 Å². The Morgan fingerprint density at radius 1 is 0.458 bits per heavy atom. The number of benzene rings is 7. The number of aromatic nitrogens is 1. The van der Waals surface area contributed by atoms with Gasteiger partial charge in [-0.3, -0.25) is 4.98 Å². The zero-order valence-electron chi connectivity index (χ0n) is 72.0. The van der Waals surface area contributed by atoms with Crippen molar-refractivity contribution in [3.8, 4) is 0 Å². The van der Waals surface area contributed by atoms with Crippen molar-refractivity contribution in [2.45, 2.75) is 240 Å². The number of anilines is 4. The van der Waals surface area contributed by atoms with Gasteiger partial charge in [0, 0.05) is 142 Å². The summed E-state index contributed by atoms with van der Waals surface area (Å²) in [6, 6.07) is 68.9. The number of pyridine rings is 1. The van der Waals surface area contributed by atoms with Gasteiger partial charge >= 0.3 is 24.1 Å². The van der Waals surface area contributed by atoms with E-state index < -0.39 is 0 Å². The second-order valence-electron chi connectivity index (χ2n) is 32.7. The molecule has 4 aliphatic rings. The van der Waals surface area contributed by atoms with E-state index in [1.54, 1.807) is 18.5 Å². The number of amides is 8. The van der Waals surface area contributed by atoms with E-state index in [0.717, 1.165) is 157 Å². The van der Waals surface area contributed by atoms with Gasteiger partial charge in [0.1, 0.15) is 0 Å². The molecule has 7 aromatic carbocycles. The van der Waals surface area contributed by atoms with Gasteiger partial charge in [0.05, 0.1) is 11.9 Å². The zero-order chi connectivity index (χ0) is 83.8. The number of allylic oxidation sites excluding steroid dienone is 1. The molecule has 8 amide bonds. The molecule has 8 aromatic rings. The van der Waals surface area contributed by atoms with E-state index >= 15 is 0 Å². The molecule has 4 heterocycles. The lowest BCUT2D eigenvalue weighted by molar-refractivity contribution is 0.0986. The number of likely N-dealkylation sites (tertiary alicyclic amines) is 3. The molecule has 632 valence electrons. The molecule has 3 aliphatic heterocycles. The smallest absolute Gasteiger partial charge is 0.322 e. The summed E-state index contributed by atoms with van der Waals surface area (Å²) in [5, 5.41) is 15.7. The molecule has 3 saturated heterocycles. The van der Waals surface area contributed by atoms with Crippen molar-refractivity contribution in [1.82, 2.24) is 44.6 Å². The van der Waals surface area contributed by atoms with Crippen LogP contribution in [0.2, 0.25) is 0 Å². The number of carbonyl (C=O) groups excluding carboxylic acids is 4. The second kappa shape index (κ2) is 50.4. The Labute approximate surface area is 716 Å². The van der Waals surface area contributed by atoms with Crippen LogP contribution in [0.5, 0.6) is 0 Å². The molecule has 18 heteroatoms. The highest BCUT2D eigenvalue weighted by atomic mass is 79.9. The van der Waals surface area contributed by atoms with Crippen molar-refractivity contribution in [2.24, 2.45) is 5.92 Å². The number of hydrogen-bond donors (Lipinski definition) is 5. The van der Waals surface area contributed by atoms with Crippen LogP contribution in [0.15, 0.2) is 242 Å². The van der Waals surface area contributed by atoms with Gasteiger partial charge < -0.3 is 60.9 Å². The summed E-state index contributed by atoms with van der Waals surface area (Å²) in [4.78, 5) is 72.9. The second-order valence-corrected chi connectivity index (χ2v) is 33.6. The number of nitrogens with one attached hydrogen (secondary N) is 5. The summed E-state index contributed by atoms with van der Waals surface area (Å²) in [5.41, 5.74) is 12.2. The Morgan fingerprint density at radius 2 is 0.864 bits per heavy atom. The molecule has 2 unspecified atom stereocenters. The molecule has 5 N–H and O–H groups in total. The molecule has 2 atom stereocenters. The van der Waals surface area contributed by atoms with Gasteiger partial charge in [-0.25, -0.2) is 19.2 Å². The SMILES string of the molecule is C=CC(=C)NCc1ccccc1CN(C(=O)Nc1cccc(C)c1)C1CCN(C(C)CCC)CC1.CCCC(C)N1CCC(N(Cc2ccccc2)C(=O)Nc2ccc(Br)cc2)CC1.CCCC1CCC(N(Cc2ccccc2)C(=O)Nc2cccc(C)c2)CC1.CCCCN1CCC(N(Cc2ccccc2)C(=O)Nc2cccnc2)CC1. The van der Waals surface area contributed by atoms with Crippen molar-refractivity contribution in [3.63, 3.8) is 0 Å². The van der Waals surface area contributed by atoms with E-state index in [2.05, 4.69) is 170 Å². The first-order valence-electron chi connectivity index (χ1n) is 43.9. The normalized spacial score (nSPS) is 16.6. The quantitative estimate of drug-likeness (QED) is 0.0266. The number of carbonyl (C=O) groups is 4. The Bertz CT molecular complexity index is 4240. The molecule has 0 radical (unpaired) electrons. The van der Waals surface area contributed by atoms with Crippen molar-refractivity contribution >= 4 is 62.8 Å². The highest BCUT2D eigenvalue weighted by Gasteiger charge is 2.34. The lowest BCUT2D eigenvalue weighted by Gasteiger charge is -2.41. The standard InChI is InChI=1S/C30H42N4O.C24H32BrN3O.C24H32N2O.C22H30N4O/c1-6-11-25(5)33-18-16-29(17-19-33)34(30(35)32-28-15-10-12-23(3)20-28)22-27-14-9-8-13-26(27)21-31-24(4)7-2;1-3-7-19(2)27-16-14-23(15-17-27)28(18-20-8-5-4-6-9-20)24(29)26-22-12-10-21(25)11-13-22;1-3-8-20-13-15-23(16-14-20)26(18-21-10-5-4-6-11-21)24(27)25-22-12-7-9-19(2)17-22;1-2-3-14-25-15-11-21(12-16-25)26(18-19-8-5-4-6-9-19)22(27)24-20-10-7-13-23-17-20/h7-10,12-15,20,25,29,31H,2,4,6,11,16-19,21-22H2,1,3,5H3,(H,32,35);4-6,8-13,19,23H,3,7,14-18H2,1-2H3,(H,26,29);4-7,9-12,17,20,23H,3,8,13-16,18H2,1-2H3,(H,25,27);4-10,13,17,21H,2-3,11-12,14-16,18H2,1H3,(H,24,27). The molecular weight excluding hydrogens is 1530 g/mol. The number of halogens is 1. The lowest BCUT2D eigenvalue weighted by atomic mass is 9.83. The van der Waals surface area contributed by atoms with E-state index in [9.17, 15) is 19.2 Å². The van der Waals surface area contributed by atoms with Crippen LogP contribution in [-0.4, -0.2) is 145 Å². The molecule has 118 heavy (non-hydrogen) atoms. The molecule has 0 spiro atoms. The lowest BCUT2D eigenvalue weighted by Crippen LogP contribution is -2.50. The van der Waals surface area contributed by atoms with Crippen LogP contribution in [0.4, 0.5) is 41.9 Å². The zero-order valence-corrected chi connectivity index (χ0v) is 73.6. The van der Waals surface area contributed by atoms with Gasteiger partial charge in [-0.05, 0) is 229 Å². The van der Waals surface area contributed by atoms with Crippen molar-refractivity contribution < 1.29 is 19.2 Å². The van der Waals surface area contributed by atoms with Crippen molar-refractivity contribution in [2.75, 3.05) is 67.1 Å². The van der Waals surface area contributed by atoms with Crippen LogP contribution < -0.4 is 26.6 Å². The number of hydrogen-bond acceptors (Lipinski definition) is 9. The minimum absolute atomic E-state index is 0.0170. The van der Waals surface area contributed by atoms with Gasteiger partial charge in [0.15, 0.2) is 0 Å². The van der Waals surface area contributed by atoms with Crippen molar-refractivity contribution in [1.29, 1.82) is 0 Å². The number of nitrogens with zero attached hydrogens (tertiary/aromatic N) is 8. The summed E-state index contributed by atoms with van der Waals surface area (Å²) >= 11 is 3.45. The van der Waals surface area contributed by atoms with E-state index in [-0.39, 0.29) is 42.2 Å². The summed E-state index contributed by atoms with van der Waals surface area (Å²) in [6.45, 7) is 36.1. The number of aryl methyl sites for hydroxylation is 2. The molecule has 17 nitrogen and oxygen atoms in total. The number of rotatable bonds is 31. The van der Waals surface area contributed by atoms with E-state index in [4.69, 9.17) is 0 Å². The summed E-state index contributed by atoms with van der Waals surface area (Å²) in [7, 11) is 0. The van der Waals surface area contributed by atoms with Crippen LogP contribution in [0.1, 0.15) is 196 Å². The highest BCUT2D eigenvalue weighted by molar-refractivity contribution is 9.10. The van der Waals surface area contributed by atoms with Gasteiger partial charge in [-0.2, -0.15) is 0 Å². The van der Waals surface area contributed by atoms with Gasteiger partial charge in [-0.15, -0.1) is 0 Å². The number of unbranched alkanes of at least 4 members (excludes halogenated alkanes) is 1. The Kier molecular flexibility index (Phi) is 39.4. The third-order valence-corrected chi connectivity index (χ3v) is 24.2. The topological polar surface area (TPSA) is 164 Å². The predicted molar refractivity (Wildman–Crippen MR) is 494 cm³/mol. The maximum atomic E-state index is 13.6. The maximum Gasteiger partial charge on any atom is 0.322 e. The number of piperidine rings is 3. The number of urea groups is 4. The Morgan fingerprint density at radius 3 is 1.28 bits per heavy atom. The molecule has 0 bridgehead atoms. The monoisotopic (exact) mass is 1660 g/mol. The summed E-state index contributed by atoms with van der Waals surface area (Å²) < 4.78 is 1.00. The van der Waals surface area contributed by atoms with Crippen LogP contribution >= 0.6 is 15.9 Å². The summed E-state index contributed by atoms with van der Waals surface area (Å²) in [6.07, 6.45) is 25.8.